The van der Waals surface area contributed by atoms with Crippen molar-refractivity contribution in [3.8, 4) is 39.1 Å². The molecule has 0 N–H and O–H groups in total. The van der Waals surface area contributed by atoms with Crippen LogP contribution in [0.5, 0.6) is 0 Å². The van der Waals surface area contributed by atoms with Gasteiger partial charge in [-0.3, -0.25) is 0 Å². The number of hydrogen-bond acceptors (Lipinski definition) is 1. The lowest BCUT2D eigenvalue weighted by molar-refractivity contribution is 1.18. The third kappa shape index (κ3) is 5.43. The molecule has 0 aliphatic heterocycles. The summed E-state index contributed by atoms with van der Waals surface area (Å²) in [6, 6.07) is 74.0. The number of para-hydroxylation sites is 1. The van der Waals surface area contributed by atoms with E-state index in [9.17, 15) is 0 Å². The predicted octanol–water partition coefficient (Wildman–Crippen LogP) is 13.3. The second-order valence-electron chi connectivity index (χ2n) is 12.6. The Bertz CT molecular complexity index is 2450. The van der Waals surface area contributed by atoms with Crippen LogP contribution in [0.1, 0.15) is 0 Å². The van der Waals surface area contributed by atoms with E-state index in [2.05, 4.69) is 216 Å². The van der Waals surface area contributed by atoms with Crippen molar-refractivity contribution in [2.45, 2.75) is 0 Å². The summed E-state index contributed by atoms with van der Waals surface area (Å²) in [6.07, 6.45) is 0. The number of fused-ring (bicyclic) bond motifs is 3. The average Bonchev–Trinajstić information content (AvgIpc) is 3.53. The van der Waals surface area contributed by atoms with Gasteiger partial charge >= 0.3 is 0 Å². The first-order valence-electron chi connectivity index (χ1n) is 17.1. The molecule has 2 nitrogen and oxygen atoms in total. The SMILES string of the molecule is c1ccc(-c2ccc(N(c3ccc(-c4ccccc4)cc3)c3ccc4c(c3)c3ccccc3n4-c3ccc(-c4ccccc4)cc3)cc2)cc1. The van der Waals surface area contributed by atoms with Gasteiger partial charge in [0.25, 0.3) is 0 Å². The molecule has 0 saturated carbocycles. The van der Waals surface area contributed by atoms with E-state index < -0.39 is 0 Å². The van der Waals surface area contributed by atoms with Crippen LogP contribution in [0.15, 0.2) is 206 Å². The maximum atomic E-state index is 2.39. The summed E-state index contributed by atoms with van der Waals surface area (Å²) in [5, 5.41) is 2.45. The van der Waals surface area contributed by atoms with E-state index >= 15 is 0 Å². The Kier molecular flexibility index (Phi) is 7.53. The van der Waals surface area contributed by atoms with Gasteiger partial charge in [-0.15, -0.1) is 0 Å². The Balaban J connectivity index is 1.17. The topological polar surface area (TPSA) is 8.17 Å². The smallest absolute Gasteiger partial charge is 0.0542 e. The van der Waals surface area contributed by atoms with Crippen molar-refractivity contribution < 1.29 is 0 Å². The molecule has 0 saturated heterocycles. The Hall–Kier alpha value is -6.64. The normalized spacial score (nSPS) is 11.2. The van der Waals surface area contributed by atoms with E-state index in [1.165, 1.54) is 55.2 Å². The van der Waals surface area contributed by atoms with Gasteiger partial charge in [0.15, 0.2) is 0 Å². The molecule has 0 atom stereocenters. The Labute approximate surface area is 292 Å². The van der Waals surface area contributed by atoms with Crippen molar-refractivity contribution in [2.75, 3.05) is 4.90 Å². The zero-order chi connectivity index (χ0) is 33.3. The van der Waals surface area contributed by atoms with Crippen molar-refractivity contribution in [2.24, 2.45) is 0 Å². The first-order valence-corrected chi connectivity index (χ1v) is 17.1. The highest BCUT2D eigenvalue weighted by Crippen LogP contribution is 2.41. The van der Waals surface area contributed by atoms with Crippen LogP contribution in [-0.2, 0) is 0 Å². The van der Waals surface area contributed by atoms with Gasteiger partial charge in [-0.2, -0.15) is 0 Å². The standard InChI is InChI=1S/C48H34N2/c1-4-12-35(13-5-1)38-20-26-41(27-21-38)49(42-28-22-39(23-29-42)36-14-6-2-7-15-36)44-32-33-48-46(34-44)45-18-10-11-19-47(45)50(48)43-30-24-40(25-31-43)37-16-8-3-9-17-37/h1-34H. The van der Waals surface area contributed by atoms with Gasteiger partial charge in [0.1, 0.15) is 0 Å². The predicted molar refractivity (Wildman–Crippen MR) is 212 cm³/mol. The van der Waals surface area contributed by atoms with E-state index in [4.69, 9.17) is 0 Å². The fraction of sp³-hybridized carbons (Fsp3) is 0. The van der Waals surface area contributed by atoms with Crippen LogP contribution in [0, 0.1) is 0 Å². The molecular formula is C48H34N2. The molecule has 0 amide bonds. The summed E-state index contributed by atoms with van der Waals surface area (Å²) < 4.78 is 2.39. The van der Waals surface area contributed by atoms with Gasteiger partial charge < -0.3 is 9.47 Å². The van der Waals surface area contributed by atoms with Crippen LogP contribution in [-0.4, -0.2) is 4.57 Å². The lowest BCUT2D eigenvalue weighted by Crippen LogP contribution is -2.10. The molecule has 0 radical (unpaired) electrons. The maximum Gasteiger partial charge on any atom is 0.0542 e. The maximum absolute atomic E-state index is 2.39. The van der Waals surface area contributed by atoms with E-state index in [1.54, 1.807) is 0 Å². The van der Waals surface area contributed by atoms with Crippen LogP contribution in [0.4, 0.5) is 17.1 Å². The number of benzene rings is 8. The fourth-order valence-corrected chi connectivity index (χ4v) is 7.13. The van der Waals surface area contributed by atoms with Crippen molar-refractivity contribution >= 4 is 38.9 Å². The summed E-state index contributed by atoms with van der Waals surface area (Å²) >= 11 is 0. The largest absolute Gasteiger partial charge is 0.310 e. The van der Waals surface area contributed by atoms with Crippen LogP contribution in [0.25, 0.3) is 60.9 Å². The van der Waals surface area contributed by atoms with Gasteiger partial charge in [-0.25, -0.2) is 0 Å². The van der Waals surface area contributed by atoms with E-state index in [0.717, 1.165) is 22.7 Å². The third-order valence-corrected chi connectivity index (χ3v) is 9.61. The second-order valence-corrected chi connectivity index (χ2v) is 12.6. The molecule has 0 fully saturated rings. The van der Waals surface area contributed by atoms with Gasteiger partial charge in [0.2, 0.25) is 0 Å². The minimum absolute atomic E-state index is 1.11. The van der Waals surface area contributed by atoms with Gasteiger partial charge in [-0.05, 0) is 94.0 Å². The van der Waals surface area contributed by atoms with Crippen molar-refractivity contribution in [3.05, 3.63) is 206 Å². The van der Waals surface area contributed by atoms with Crippen LogP contribution in [0.3, 0.4) is 0 Å². The van der Waals surface area contributed by atoms with Crippen molar-refractivity contribution in [3.63, 3.8) is 0 Å². The molecule has 1 aromatic heterocycles. The number of rotatable bonds is 7. The minimum Gasteiger partial charge on any atom is -0.310 e. The molecule has 8 aromatic carbocycles. The highest BCUT2D eigenvalue weighted by Gasteiger charge is 2.18. The number of anilines is 3. The molecule has 0 bridgehead atoms. The average molecular weight is 639 g/mol. The summed E-state index contributed by atoms with van der Waals surface area (Å²) in [7, 11) is 0. The first kappa shape index (κ1) is 29.5. The fourth-order valence-electron chi connectivity index (χ4n) is 7.13. The van der Waals surface area contributed by atoms with Crippen molar-refractivity contribution in [1.82, 2.24) is 4.57 Å². The first-order chi connectivity index (χ1) is 24.8. The monoisotopic (exact) mass is 638 g/mol. The van der Waals surface area contributed by atoms with Crippen LogP contribution < -0.4 is 4.90 Å². The van der Waals surface area contributed by atoms with E-state index in [1.807, 2.05) is 0 Å². The Morgan fingerprint density at radius 1 is 0.280 bits per heavy atom. The number of nitrogens with zero attached hydrogens (tertiary/aromatic N) is 2. The molecule has 0 unspecified atom stereocenters. The molecule has 0 aliphatic rings. The van der Waals surface area contributed by atoms with E-state index in [-0.39, 0.29) is 0 Å². The highest BCUT2D eigenvalue weighted by atomic mass is 15.1. The molecule has 2 heteroatoms. The van der Waals surface area contributed by atoms with Gasteiger partial charge in [0, 0.05) is 33.5 Å². The summed E-state index contributed by atoms with van der Waals surface area (Å²) in [6.45, 7) is 0. The lowest BCUT2D eigenvalue weighted by Gasteiger charge is -2.26. The molecular weight excluding hydrogens is 605 g/mol. The van der Waals surface area contributed by atoms with Crippen LogP contribution >= 0.6 is 0 Å². The second kappa shape index (κ2) is 12.8. The summed E-state index contributed by atoms with van der Waals surface area (Å²) in [4.78, 5) is 2.36. The van der Waals surface area contributed by atoms with Gasteiger partial charge in [0.05, 0.1) is 11.0 Å². The zero-order valence-electron chi connectivity index (χ0n) is 27.5. The summed E-state index contributed by atoms with van der Waals surface area (Å²) in [5.74, 6) is 0. The number of aromatic nitrogens is 1. The molecule has 0 spiro atoms. The lowest BCUT2D eigenvalue weighted by atomic mass is 10.0. The van der Waals surface area contributed by atoms with E-state index in [0.29, 0.717) is 0 Å². The molecule has 0 aliphatic carbocycles. The molecule has 9 aromatic rings. The number of hydrogen-bond donors (Lipinski definition) is 0. The molecule has 236 valence electrons. The quantitative estimate of drug-likeness (QED) is 0.169. The molecule has 1 heterocycles. The van der Waals surface area contributed by atoms with Gasteiger partial charge in [-0.1, -0.05) is 146 Å². The highest BCUT2D eigenvalue weighted by molar-refractivity contribution is 6.10. The Morgan fingerprint density at radius 3 is 1.16 bits per heavy atom. The molecule has 50 heavy (non-hydrogen) atoms. The van der Waals surface area contributed by atoms with Crippen LogP contribution in [0.2, 0.25) is 0 Å². The Morgan fingerprint density at radius 2 is 0.660 bits per heavy atom. The third-order valence-electron chi connectivity index (χ3n) is 9.61. The zero-order valence-corrected chi connectivity index (χ0v) is 27.5. The summed E-state index contributed by atoms with van der Waals surface area (Å²) in [5.41, 5.74) is 14.1. The molecule has 9 rings (SSSR count). The minimum atomic E-state index is 1.11. The van der Waals surface area contributed by atoms with Crippen molar-refractivity contribution in [1.29, 1.82) is 0 Å².